The van der Waals surface area contributed by atoms with Crippen molar-refractivity contribution < 1.29 is 13.5 Å². The first kappa shape index (κ1) is 16.8. The Hall–Kier alpha value is -0.600. The van der Waals surface area contributed by atoms with Crippen molar-refractivity contribution >= 4 is 59.2 Å². The first-order valence-electron chi connectivity index (χ1n) is 5.70. The molecule has 0 spiro atoms. The number of anilines is 1. The van der Waals surface area contributed by atoms with Crippen molar-refractivity contribution in [2.24, 2.45) is 0 Å². The number of sulfonamides is 1. The van der Waals surface area contributed by atoms with E-state index in [1.807, 2.05) is 0 Å². The zero-order chi connectivity index (χ0) is 15.6. The van der Waals surface area contributed by atoms with Gasteiger partial charge in [0.2, 0.25) is 0 Å². The number of nitrogens with one attached hydrogen (secondary N) is 1. The van der Waals surface area contributed by atoms with Crippen LogP contribution in [0.3, 0.4) is 0 Å². The largest absolute Gasteiger partial charge is 0.392 e. The van der Waals surface area contributed by atoms with Gasteiger partial charge in [-0.1, -0.05) is 33.6 Å². The predicted molar refractivity (Wildman–Crippen MR) is 90.0 cm³/mol. The lowest BCUT2D eigenvalue weighted by molar-refractivity contribution is 0.281. The van der Waals surface area contributed by atoms with Gasteiger partial charge in [0.25, 0.3) is 10.0 Å². The van der Waals surface area contributed by atoms with Crippen molar-refractivity contribution in [1.29, 1.82) is 0 Å². The lowest BCUT2D eigenvalue weighted by atomic mass is 10.2. The minimum Gasteiger partial charge on any atom is -0.392 e. The zero-order valence-electron chi connectivity index (χ0n) is 10.5. The molecular formula is C13H10Br2ClNO3S. The molecule has 0 aliphatic rings. The number of aliphatic hydroxyl groups excluding tert-OH is 1. The third-order valence-electron chi connectivity index (χ3n) is 2.64. The highest BCUT2D eigenvalue weighted by Gasteiger charge is 2.19. The smallest absolute Gasteiger partial charge is 0.263 e. The highest BCUT2D eigenvalue weighted by Crippen LogP contribution is 2.30. The topological polar surface area (TPSA) is 66.4 Å². The Morgan fingerprint density at radius 2 is 1.86 bits per heavy atom. The summed E-state index contributed by atoms with van der Waals surface area (Å²) in [5, 5.41) is 9.20. The van der Waals surface area contributed by atoms with E-state index in [-0.39, 0.29) is 16.5 Å². The van der Waals surface area contributed by atoms with E-state index in [2.05, 4.69) is 36.6 Å². The molecule has 0 radical (unpaired) electrons. The van der Waals surface area contributed by atoms with Crippen molar-refractivity contribution in [1.82, 2.24) is 0 Å². The number of hydrogen-bond donors (Lipinski definition) is 2. The molecule has 0 aliphatic carbocycles. The molecule has 0 aliphatic heterocycles. The molecule has 2 aromatic carbocycles. The van der Waals surface area contributed by atoms with Gasteiger partial charge >= 0.3 is 0 Å². The Labute approximate surface area is 144 Å². The van der Waals surface area contributed by atoms with Crippen molar-refractivity contribution in [3.8, 4) is 0 Å². The number of rotatable bonds is 4. The molecule has 0 amide bonds. The van der Waals surface area contributed by atoms with Crippen LogP contribution in [0.15, 0.2) is 50.2 Å². The van der Waals surface area contributed by atoms with E-state index >= 15 is 0 Å². The van der Waals surface area contributed by atoms with Crippen molar-refractivity contribution in [3.63, 3.8) is 0 Å². The van der Waals surface area contributed by atoms with Crippen molar-refractivity contribution in [2.45, 2.75) is 11.5 Å². The maximum atomic E-state index is 12.4. The van der Waals surface area contributed by atoms with E-state index in [0.29, 0.717) is 15.7 Å². The number of halogens is 3. The van der Waals surface area contributed by atoms with Gasteiger partial charge in [-0.3, -0.25) is 4.72 Å². The summed E-state index contributed by atoms with van der Waals surface area (Å²) in [6.07, 6.45) is 0. The molecule has 8 heteroatoms. The summed E-state index contributed by atoms with van der Waals surface area (Å²) in [4.78, 5) is -0.0782. The number of hydrogen-bond acceptors (Lipinski definition) is 3. The average molecular weight is 456 g/mol. The fraction of sp³-hybridized carbons (Fsp3) is 0.0769. The van der Waals surface area contributed by atoms with Crippen LogP contribution >= 0.6 is 43.5 Å². The minimum atomic E-state index is -3.85. The molecule has 0 bridgehead atoms. The van der Waals surface area contributed by atoms with Gasteiger partial charge in [-0.2, -0.15) is 0 Å². The van der Waals surface area contributed by atoms with Gasteiger partial charge in [0.05, 0.1) is 17.3 Å². The third-order valence-corrected chi connectivity index (χ3v) is 5.64. The lowest BCUT2D eigenvalue weighted by Gasteiger charge is -2.12. The molecule has 2 rings (SSSR count). The van der Waals surface area contributed by atoms with E-state index in [0.717, 1.165) is 4.47 Å². The zero-order valence-corrected chi connectivity index (χ0v) is 15.2. The Kier molecular flexibility index (Phi) is 5.32. The second-order valence-corrected chi connectivity index (χ2v) is 7.98. The Balaban J connectivity index is 2.43. The van der Waals surface area contributed by atoms with Gasteiger partial charge in [-0.05, 0) is 51.8 Å². The van der Waals surface area contributed by atoms with Gasteiger partial charge < -0.3 is 5.11 Å². The van der Waals surface area contributed by atoms with Crippen LogP contribution in [0.5, 0.6) is 0 Å². The standard InChI is InChI=1S/C13H10Br2ClNO3S/c14-9-2-4-12(10(15)6-9)17-21(19,20)13-5-8(7-18)1-3-11(13)16/h1-6,17-18H,7H2. The van der Waals surface area contributed by atoms with E-state index in [9.17, 15) is 8.42 Å². The second kappa shape index (κ2) is 6.66. The predicted octanol–water partition coefficient (Wildman–Crippen LogP) is 4.16. The van der Waals surface area contributed by atoms with Crippen molar-refractivity contribution in [3.05, 3.63) is 55.9 Å². The highest BCUT2D eigenvalue weighted by atomic mass is 79.9. The maximum Gasteiger partial charge on any atom is 0.263 e. The number of benzene rings is 2. The summed E-state index contributed by atoms with van der Waals surface area (Å²) in [6, 6.07) is 9.42. The van der Waals surface area contributed by atoms with Crippen molar-refractivity contribution in [2.75, 3.05) is 4.72 Å². The van der Waals surface area contributed by atoms with Gasteiger partial charge in [0, 0.05) is 8.95 Å². The lowest BCUT2D eigenvalue weighted by Crippen LogP contribution is -2.14. The molecule has 0 atom stereocenters. The van der Waals surface area contributed by atoms with E-state index < -0.39 is 10.0 Å². The molecule has 0 unspecified atom stereocenters. The molecule has 112 valence electrons. The molecule has 0 saturated heterocycles. The Morgan fingerprint density at radius 1 is 1.14 bits per heavy atom. The summed E-state index contributed by atoms with van der Waals surface area (Å²) in [7, 11) is -3.85. The number of aliphatic hydroxyl groups is 1. The summed E-state index contributed by atoms with van der Waals surface area (Å²) < 4.78 is 28.7. The third kappa shape index (κ3) is 3.98. The summed E-state index contributed by atoms with van der Waals surface area (Å²) in [5.74, 6) is 0. The van der Waals surface area contributed by atoms with E-state index in [1.54, 1.807) is 24.3 Å². The molecule has 0 saturated carbocycles. The molecule has 0 fully saturated rings. The van der Waals surface area contributed by atoms with E-state index in [4.69, 9.17) is 16.7 Å². The fourth-order valence-electron chi connectivity index (χ4n) is 1.62. The highest BCUT2D eigenvalue weighted by molar-refractivity contribution is 9.11. The van der Waals surface area contributed by atoms with Gasteiger partial charge in [-0.25, -0.2) is 8.42 Å². The minimum absolute atomic E-state index is 0.0782. The van der Waals surface area contributed by atoms with Crippen LogP contribution in [0.25, 0.3) is 0 Å². The average Bonchev–Trinajstić information content (AvgIpc) is 2.42. The second-order valence-electron chi connectivity index (χ2n) is 4.15. The van der Waals surface area contributed by atoms with Crippen LogP contribution in [0, 0.1) is 0 Å². The molecule has 0 heterocycles. The Morgan fingerprint density at radius 3 is 2.48 bits per heavy atom. The summed E-state index contributed by atoms with van der Waals surface area (Å²) in [6.45, 7) is -0.262. The Bertz CT molecular complexity index is 781. The quantitative estimate of drug-likeness (QED) is 0.728. The van der Waals surface area contributed by atoms with Crippen LogP contribution in [0.2, 0.25) is 5.02 Å². The first-order chi connectivity index (χ1) is 9.83. The maximum absolute atomic E-state index is 12.4. The fourth-order valence-corrected chi connectivity index (χ4v) is 4.53. The molecular weight excluding hydrogens is 445 g/mol. The molecule has 0 aromatic heterocycles. The van der Waals surface area contributed by atoms with Gasteiger partial charge in [0.15, 0.2) is 0 Å². The van der Waals surface area contributed by atoms with Crippen LogP contribution in [-0.2, 0) is 16.6 Å². The van der Waals surface area contributed by atoms with Crippen LogP contribution in [0.1, 0.15) is 5.56 Å². The van der Waals surface area contributed by atoms with E-state index in [1.165, 1.54) is 12.1 Å². The van der Waals surface area contributed by atoms with Gasteiger partial charge in [-0.15, -0.1) is 0 Å². The molecule has 2 N–H and O–H groups in total. The first-order valence-corrected chi connectivity index (χ1v) is 9.15. The van der Waals surface area contributed by atoms with Gasteiger partial charge in [0.1, 0.15) is 4.90 Å². The monoisotopic (exact) mass is 453 g/mol. The summed E-state index contributed by atoms with van der Waals surface area (Å²) >= 11 is 12.5. The van der Waals surface area contributed by atoms with Crippen LogP contribution in [-0.4, -0.2) is 13.5 Å². The SMILES string of the molecule is O=S(=O)(Nc1ccc(Br)cc1Br)c1cc(CO)ccc1Cl. The summed E-state index contributed by atoms with van der Waals surface area (Å²) in [5.41, 5.74) is 0.860. The normalized spacial score (nSPS) is 11.4. The van der Waals surface area contributed by atoms with Crippen LogP contribution < -0.4 is 4.72 Å². The van der Waals surface area contributed by atoms with Crippen LogP contribution in [0.4, 0.5) is 5.69 Å². The molecule has 21 heavy (non-hydrogen) atoms. The molecule has 2 aromatic rings. The molecule has 4 nitrogen and oxygen atoms in total.